The highest BCUT2D eigenvalue weighted by atomic mass is 16.5. The van der Waals surface area contributed by atoms with Gasteiger partial charge in [0.25, 0.3) is 0 Å². The highest BCUT2D eigenvalue weighted by Gasteiger charge is 2.30. The van der Waals surface area contributed by atoms with Crippen molar-refractivity contribution in [3.8, 4) is 0 Å². The van der Waals surface area contributed by atoms with Crippen molar-refractivity contribution in [1.82, 2.24) is 4.98 Å². The maximum atomic E-state index is 10.9. The molecule has 0 N–H and O–H groups in total. The van der Waals surface area contributed by atoms with E-state index >= 15 is 0 Å². The molecule has 0 spiro atoms. The van der Waals surface area contributed by atoms with Gasteiger partial charge in [0, 0.05) is 18.9 Å². The summed E-state index contributed by atoms with van der Waals surface area (Å²) in [6.45, 7) is 4.10. The van der Waals surface area contributed by atoms with Crippen LogP contribution in [-0.2, 0) is 10.3 Å². The van der Waals surface area contributed by atoms with Crippen LogP contribution in [0.5, 0.6) is 0 Å². The predicted molar refractivity (Wildman–Crippen MR) is 58.9 cm³/mol. The van der Waals surface area contributed by atoms with Crippen LogP contribution < -0.4 is 0 Å². The fraction of sp³-hybridized carbons (Fsp3) is 0.500. The number of methoxy groups -OCH3 is 1. The standard InChI is InChI=1S/C12H17NO2/c1-4-12(5-2,15-3)10-7-6-8-13-11(10)9-14/h6-9H,4-5H2,1-3H3. The minimum absolute atomic E-state index is 0.384. The Labute approximate surface area is 90.5 Å². The molecule has 0 aliphatic heterocycles. The van der Waals surface area contributed by atoms with Gasteiger partial charge < -0.3 is 4.74 Å². The van der Waals surface area contributed by atoms with Crippen LogP contribution in [0.1, 0.15) is 42.7 Å². The highest BCUT2D eigenvalue weighted by Crippen LogP contribution is 2.33. The second-order valence-corrected chi connectivity index (χ2v) is 3.46. The van der Waals surface area contributed by atoms with Crippen LogP contribution in [0, 0.1) is 0 Å². The van der Waals surface area contributed by atoms with Crippen molar-refractivity contribution in [1.29, 1.82) is 0 Å². The van der Waals surface area contributed by atoms with Crippen molar-refractivity contribution >= 4 is 6.29 Å². The summed E-state index contributed by atoms with van der Waals surface area (Å²) in [5.41, 5.74) is 0.973. The van der Waals surface area contributed by atoms with Crippen molar-refractivity contribution in [2.45, 2.75) is 32.3 Å². The zero-order valence-electron chi connectivity index (χ0n) is 9.49. The zero-order chi connectivity index (χ0) is 11.3. The van der Waals surface area contributed by atoms with Gasteiger partial charge in [-0.3, -0.25) is 9.78 Å². The lowest BCUT2D eigenvalue weighted by molar-refractivity contribution is -0.0224. The smallest absolute Gasteiger partial charge is 0.168 e. The maximum absolute atomic E-state index is 10.9. The average Bonchev–Trinajstić information content (AvgIpc) is 2.33. The molecular formula is C12H17NO2. The van der Waals surface area contributed by atoms with E-state index in [1.807, 2.05) is 12.1 Å². The zero-order valence-corrected chi connectivity index (χ0v) is 9.49. The lowest BCUT2D eigenvalue weighted by atomic mass is 9.87. The van der Waals surface area contributed by atoms with Gasteiger partial charge in [0.2, 0.25) is 0 Å². The molecular weight excluding hydrogens is 190 g/mol. The Morgan fingerprint density at radius 1 is 1.47 bits per heavy atom. The number of aldehydes is 1. The Bertz CT molecular complexity index is 324. The summed E-state index contributed by atoms with van der Waals surface area (Å²) in [6, 6.07) is 3.74. The number of rotatable bonds is 5. The van der Waals surface area contributed by atoms with Gasteiger partial charge in [-0.1, -0.05) is 19.9 Å². The molecule has 0 atom stereocenters. The van der Waals surface area contributed by atoms with E-state index < -0.39 is 0 Å². The third-order valence-electron chi connectivity index (χ3n) is 2.97. The number of carbonyl (C=O) groups excluding carboxylic acids is 1. The van der Waals surface area contributed by atoms with Crippen LogP contribution in [0.3, 0.4) is 0 Å². The molecule has 0 saturated heterocycles. The average molecular weight is 207 g/mol. The van der Waals surface area contributed by atoms with Crippen LogP contribution >= 0.6 is 0 Å². The summed E-state index contributed by atoms with van der Waals surface area (Å²) >= 11 is 0. The van der Waals surface area contributed by atoms with Crippen LogP contribution in [-0.4, -0.2) is 18.4 Å². The number of hydrogen-bond donors (Lipinski definition) is 0. The van der Waals surface area contributed by atoms with Gasteiger partial charge in [-0.2, -0.15) is 0 Å². The van der Waals surface area contributed by atoms with E-state index in [-0.39, 0.29) is 5.60 Å². The predicted octanol–water partition coefficient (Wildman–Crippen LogP) is 2.56. The summed E-state index contributed by atoms with van der Waals surface area (Å²) in [7, 11) is 1.68. The number of nitrogens with zero attached hydrogens (tertiary/aromatic N) is 1. The normalized spacial score (nSPS) is 11.4. The summed E-state index contributed by atoms with van der Waals surface area (Å²) in [5, 5.41) is 0. The number of carbonyl (C=O) groups is 1. The van der Waals surface area contributed by atoms with Crippen LogP contribution in [0.4, 0.5) is 0 Å². The summed E-state index contributed by atoms with van der Waals surface area (Å²) in [5.74, 6) is 0. The van der Waals surface area contributed by atoms with Crippen LogP contribution in [0.2, 0.25) is 0 Å². The first-order valence-electron chi connectivity index (χ1n) is 5.20. The molecule has 1 rings (SSSR count). The van der Waals surface area contributed by atoms with E-state index in [1.165, 1.54) is 0 Å². The molecule has 0 aliphatic carbocycles. The van der Waals surface area contributed by atoms with E-state index in [1.54, 1.807) is 13.3 Å². The van der Waals surface area contributed by atoms with E-state index in [2.05, 4.69) is 18.8 Å². The number of hydrogen-bond acceptors (Lipinski definition) is 3. The molecule has 0 bridgehead atoms. The van der Waals surface area contributed by atoms with Crippen molar-refractivity contribution < 1.29 is 9.53 Å². The van der Waals surface area contributed by atoms with Gasteiger partial charge in [-0.15, -0.1) is 0 Å². The number of aromatic nitrogens is 1. The van der Waals surface area contributed by atoms with Crippen molar-refractivity contribution in [2.24, 2.45) is 0 Å². The van der Waals surface area contributed by atoms with Gasteiger partial charge in [0.05, 0.1) is 5.60 Å². The third kappa shape index (κ3) is 2.07. The van der Waals surface area contributed by atoms with Gasteiger partial charge in [0.15, 0.2) is 6.29 Å². The molecule has 15 heavy (non-hydrogen) atoms. The Hall–Kier alpha value is -1.22. The lowest BCUT2D eigenvalue weighted by Gasteiger charge is -2.31. The fourth-order valence-electron chi connectivity index (χ4n) is 1.93. The monoisotopic (exact) mass is 207 g/mol. The number of ether oxygens (including phenoxy) is 1. The molecule has 0 radical (unpaired) electrons. The highest BCUT2D eigenvalue weighted by molar-refractivity contribution is 5.74. The molecule has 82 valence electrons. The second kappa shape index (κ2) is 5.03. The first-order chi connectivity index (χ1) is 7.24. The van der Waals surface area contributed by atoms with Gasteiger partial charge in [0.1, 0.15) is 5.69 Å². The topological polar surface area (TPSA) is 39.2 Å². The SMILES string of the molecule is CCC(CC)(OC)c1cccnc1C=O. The van der Waals surface area contributed by atoms with Crippen molar-refractivity contribution in [2.75, 3.05) is 7.11 Å². The molecule has 0 aromatic carbocycles. The van der Waals surface area contributed by atoms with Gasteiger partial charge in [-0.05, 0) is 18.9 Å². The van der Waals surface area contributed by atoms with E-state index in [9.17, 15) is 4.79 Å². The Morgan fingerprint density at radius 3 is 2.60 bits per heavy atom. The van der Waals surface area contributed by atoms with Crippen molar-refractivity contribution in [3.63, 3.8) is 0 Å². The third-order valence-corrected chi connectivity index (χ3v) is 2.97. The minimum atomic E-state index is -0.384. The molecule has 3 heteroatoms. The molecule has 0 fully saturated rings. The Kier molecular flexibility index (Phi) is 3.97. The van der Waals surface area contributed by atoms with Gasteiger partial charge >= 0.3 is 0 Å². The first-order valence-corrected chi connectivity index (χ1v) is 5.20. The first kappa shape index (κ1) is 11.9. The van der Waals surface area contributed by atoms with Crippen molar-refractivity contribution in [3.05, 3.63) is 29.6 Å². The van der Waals surface area contributed by atoms with E-state index in [0.717, 1.165) is 24.7 Å². The second-order valence-electron chi connectivity index (χ2n) is 3.46. The molecule has 3 nitrogen and oxygen atoms in total. The number of pyridine rings is 1. The largest absolute Gasteiger partial charge is 0.373 e. The van der Waals surface area contributed by atoms with Crippen LogP contribution in [0.15, 0.2) is 18.3 Å². The van der Waals surface area contributed by atoms with E-state index in [0.29, 0.717) is 5.69 Å². The molecule has 1 aromatic rings. The quantitative estimate of drug-likeness (QED) is 0.696. The summed E-state index contributed by atoms with van der Waals surface area (Å²) in [6.07, 6.45) is 4.06. The summed E-state index contributed by atoms with van der Waals surface area (Å²) < 4.78 is 5.57. The van der Waals surface area contributed by atoms with E-state index in [4.69, 9.17) is 4.74 Å². The Balaban J connectivity index is 3.27. The maximum Gasteiger partial charge on any atom is 0.168 e. The van der Waals surface area contributed by atoms with Crippen LogP contribution in [0.25, 0.3) is 0 Å². The minimum Gasteiger partial charge on any atom is -0.373 e. The van der Waals surface area contributed by atoms with Gasteiger partial charge in [-0.25, -0.2) is 0 Å². The Morgan fingerprint density at radius 2 is 2.13 bits per heavy atom. The summed E-state index contributed by atoms with van der Waals surface area (Å²) in [4.78, 5) is 15.0. The fourth-order valence-corrected chi connectivity index (χ4v) is 1.93. The molecule has 1 aromatic heterocycles. The molecule has 1 heterocycles. The molecule has 0 unspecified atom stereocenters. The lowest BCUT2D eigenvalue weighted by Crippen LogP contribution is -2.28. The molecule has 0 aliphatic rings. The molecule has 0 saturated carbocycles. The molecule has 0 amide bonds.